The van der Waals surface area contributed by atoms with E-state index < -0.39 is 11.6 Å². The Morgan fingerprint density at radius 3 is 2.30 bits per heavy atom. The smallest absolute Gasteiger partial charge is 0.163 e. The van der Waals surface area contributed by atoms with Crippen molar-refractivity contribution in [3.05, 3.63) is 35.4 Å². The van der Waals surface area contributed by atoms with Crippen LogP contribution in [0.5, 0.6) is 0 Å². The molecule has 1 aromatic carbocycles. The molecule has 132 valence electrons. The van der Waals surface area contributed by atoms with Crippen molar-refractivity contribution >= 4 is 24.8 Å². The molecule has 0 unspecified atom stereocenters. The molecule has 3 rings (SSSR count). The van der Waals surface area contributed by atoms with E-state index in [0.29, 0.717) is 11.5 Å². The van der Waals surface area contributed by atoms with Crippen LogP contribution >= 0.6 is 24.8 Å². The third-order valence-corrected chi connectivity index (χ3v) is 4.94. The van der Waals surface area contributed by atoms with Crippen molar-refractivity contribution in [3.63, 3.8) is 0 Å². The molecular weight excluding hydrogens is 341 g/mol. The lowest BCUT2D eigenvalue weighted by atomic mass is 9.80. The van der Waals surface area contributed by atoms with Gasteiger partial charge in [0, 0.05) is 37.8 Å². The summed E-state index contributed by atoms with van der Waals surface area (Å²) < 4.78 is 28.0. The number of nitrogens with one attached hydrogen (secondary N) is 1. The lowest BCUT2D eigenvalue weighted by molar-refractivity contribution is 0.1000. The summed E-state index contributed by atoms with van der Waals surface area (Å²) in [5.74, 6) is -0.914. The predicted octanol–water partition coefficient (Wildman–Crippen LogP) is 4.34. The second-order valence-electron chi connectivity index (χ2n) is 6.27. The van der Waals surface area contributed by atoms with Gasteiger partial charge in [-0.3, -0.25) is 4.90 Å². The molecule has 1 aliphatic carbocycles. The van der Waals surface area contributed by atoms with Crippen LogP contribution in [0, 0.1) is 17.6 Å². The molecule has 1 aromatic rings. The maximum atomic E-state index is 14.3. The van der Waals surface area contributed by atoms with E-state index in [9.17, 15) is 8.78 Å². The van der Waals surface area contributed by atoms with E-state index >= 15 is 0 Å². The van der Waals surface area contributed by atoms with Crippen LogP contribution in [0.1, 0.15) is 43.7 Å². The third kappa shape index (κ3) is 4.79. The first-order valence-electron chi connectivity index (χ1n) is 8.16. The van der Waals surface area contributed by atoms with Crippen LogP contribution in [-0.2, 0) is 0 Å². The fourth-order valence-electron chi connectivity index (χ4n) is 3.91. The second-order valence-corrected chi connectivity index (χ2v) is 6.27. The van der Waals surface area contributed by atoms with Crippen molar-refractivity contribution in [3.8, 4) is 0 Å². The molecule has 0 spiro atoms. The molecule has 1 saturated carbocycles. The summed E-state index contributed by atoms with van der Waals surface area (Å²) in [5.41, 5.74) is 0.559. The van der Waals surface area contributed by atoms with Gasteiger partial charge in [-0.25, -0.2) is 8.78 Å². The summed E-state index contributed by atoms with van der Waals surface area (Å²) in [5, 5.41) is 3.34. The van der Waals surface area contributed by atoms with Gasteiger partial charge < -0.3 is 5.32 Å². The van der Waals surface area contributed by atoms with Crippen LogP contribution in [0.4, 0.5) is 8.78 Å². The Balaban J connectivity index is 0.00000132. The molecule has 6 heteroatoms. The molecule has 1 aliphatic heterocycles. The highest BCUT2D eigenvalue weighted by atomic mass is 35.5. The molecule has 1 saturated heterocycles. The fourth-order valence-corrected chi connectivity index (χ4v) is 3.91. The molecule has 2 fully saturated rings. The number of halogens is 4. The van der Waals surface area contributed by atoms with E-state index in [1.807, 2.05) is 0 Å². The van der Waals surface area contributed by atoms with Gasteiger partial charge in [0.1, 0.15) is 0 Å². The zero-order valence-electron chi connectivity index (χ0n) is 13.3. The Morgan fingerprint density at radius 2 is 1.65 bits per heavy atom. The summed E-state index contributed by atoms with van der Waals surface area (Å²) in [4.78, 5) is 2.35. The normalized spacial score (nSPS) is 21.1. The molecule has 0 amide bonds. The minimum absolute atomic E-state index is 0. The molecule has 1 atom stereocenters. The highest BCUT2D eigenvalue weighted by Crippen LogP contribution is 2.39. The van der Waals surface area contributed by atoms with Crippen molar-refractivity contribution in [1.82, 2.24) is 10.2 Å². The zero-order chi connectivity index (χ0) is 14.7. The maximum absolute atomic E-state index is 14.3. The maximum Gasteiger partial charge on any atom is 0.163 e. The number of rotatable bonds is 3. The summed E-state index contributed by atoms with van der Waals surface area (Å²) in [6.07, 6.45) is 5.96. The number of nitrogens with zero attached hydrogens (tertiary/aromatic N) is 1. The Hall–Kier alpha value is -0.420. The van der Waals surface area contributed by atoms with E-state index in [1.165, 1.54) is 25.3 Å². The highest BCUT2D eigenvalue weighted by molar-refractivity contribution is 5.85. The van der Waals surface area contributed by atoms with Crippen molar-refractivity contribution in [2.24, 2.45) is 5.92 Å². The standard InChI is InChI=1S/C17H24F2N2.2ClH/c18-15-8-4-7-14(16(15)19)17(13-5-2-1-3-6-13)21-11-9-20-10-12-21;;/h4,7-8,13,17,20H,1-3,5-6,9-12H2;2*1H/t17-;;/m0../s1. The van der Waals surface area contributed by atoms with Gasteiger partial charge in [0.25, 0.3) is 0 Å². The molecule has 0 radical (unpaired) electrons. The minimum Gasteiger partial charge on any atom is -0.314 e. The number of piperazine rings is 1. The average molecular weight is 367 g/mol. The van der Waals surface area contributed by atoms with Crippen LogP contribution in [-0.4, -0.2) is 31.1 Å². The second kappa shape index (κ2) is 9.77. The van der Waals surface area contributed by atoms with Gasteiger partial charge in [-0.05, 0) is 24.8 Å². The van der Waals surface area contributed by atoms with Crippen molar-refractivity contribution in [2.45, 2.75) is 38.1 Å². The Labute approximate surface area is 149 Å². The van der Waals surface area contributed by atoms with Gasteiger partial charge in [0.15, 0.2) is 11.6 Å². The van der Waals surface area contributed by atoms with Crippen LogP contribution < -0.4 is 5.32 Å². The Morgan fingerprint density at radius 1 is 1.00 bits per heavy atom. The minimum atomic E-state index is -0.719. The molecule has 0 aromatic heterocycles. The first-order valence-corrected chi connectivity index (χ1v) is 8.16. The van der Waals surface area contributed by atoms with E-state index in [2.05, 4.69) is 10.2 Å². The molecule has 23 heavy (non-hydrogen) atoms. The molecule has 1 heterocycles. The highest BCUT2D eigenvalue weighted by Gasteiger charge is 2.33. The summed E-state index contributed by atoms with van der Waals surface area (Å²) in [7, 11) is 0. The monoisotopic (exact) mass is 366 g/mol. The molecular formula is C17H26Cl2F2N2. The molecule has 2 nitrogen and oxygen atoms in total. The molecule has 0 bridgehead atoms. The van der Waals surface area contributed by atoms with Crippen LogP contribution in [0.25, 0.3) is 0 Å². The first kappa shape index (κ1) is 20.6. The van der Waals surface area contributed by atoms with Gasteiger partial charge in [-0.15, -0.1) is 24.8 Å². The number of hydrogen-bond acceptors (Lipinski definition) is 2. The average Bonchev–Trinajstić information content (AvgIpc) is 2.54. The van der Waals surface area contributed by atoms with Gasteiger partial charge in [-0.2, -0.15) is 0 Å². The van der Waals surface area contributed by atoms with E-state index in [4.69, 9.17) is 0 Å². The van der Waals surface area contributed by atoms with Crippen LogP contribution in [0.3, 0.4) is 0 Å². The quantitative estimate of drug-likeness (QED) is 0.855. The van der Waals surface area contributed by atoms with Gasteiger partial charge >= 0.3 is 0 Å². The van der Waals surface area contributed by atoms with Gasteiger partial charge in [0.05, 0.1) is 0 Å². The Bertz CT molecular complexity index is 458. The topological polar surface area (TPSA) is 15.3 Å². The SMILES string of the molecule is Cl.Cl.Fc1cccc([C@H](C2CCCCC2)N2CCNCC2)c1F. The number of hydrogen-bond donors (Lipinski definition) is 1. The summed E-state index contributed by atoms with van der Waals surface area (Å²) in [6, 6.07) is 4.67. The van der Waals surface area contributed by atoms with Crippen molar-refractivity contribution in [2.75, 3.05) is 26.2 Å². The lowest BCUT2D eigenvalue weighted by Crippen LogP contribution is -2.47. The predicted molar refractivity (Wildman–Crippen MR) is 94.6 cm³/mol. The first-order chi connectivity index (χ1) is 10.3. The Kier molecular flexibility index (Phi) is 8.76. The molecule has 2 aliphatic rings. The van der Waals surface area contributed by atoms with Crippen LogP contribution in [0.15, 0.2) is 18.2 Å². The van der Waals surface area contributed by atoms with Crippen molar-refractivity contribution in [1.29, 1.82) is 0 Å². The van der Waals surface area contributed by atoms with E-state index in [-0.39, 0.29) is 30.9 Å². The van der Waals surface area contributed by atoms with Crippen molar-refractivity contribution < 1.29 is 8.78 Å². The summed E-state index contributed by atoms with van der Waals surface area (Å²) >= 11 is 0. The van der Waals surface area contributed by atoms with E-state index in [1.54, 1.807) is 12.1 Å². The fraction of sp³-hybridized carbons (Fsp3) is 0.647. The summed E-state index contributed by atoms with van der Waals surface area (Å²) in [6.45, 7) is 3.69. The van der Waals surface area contributed by atoms with Gasteiger partial charge in [-0.1, -0.05) is 31.4 Å². The molecule has 1 N–H and O–H groups in total. The van der Waals surface area contributed by atoms with E-state index in [0.717, 1.165) is 39.0 Å². The third-order valence-electron chi connectivity index (χ3n) is 4.94. The largest absolute Gasteiger partial charge is 0.314 e. The number of benzene rings is 1. The zero-order valence-corrected chi connectivity index (χ0v) is 14.9. The van der Waals surface area contributed by atoms with Crippen LogP contribution in [0.2, 0.25) is 0 Å². The lowest BCUT2D eigenvalue weighted by Gasteiger charge is -2.41. The van der Waals surface area contributed by atoms with Gasteiger partial charge in [0.2, 0.25) is 0 Å².